The number of nitrogens with one attached hydrogen (secondary N) is 1. The average Bonchev–Trinajstić information content (AvgIpc) is 2.99. The highest BCUT2D eigenvalue weighted by Crippen LogP contribution is 2.13. The first-order chi connectivity index (χ1) is 10.8. The van der Waals surface area contributed by atoms with E-state index in [0.717, 1.165) is 11.3 Å². The fourth-order valence-corrected chi connectivity index (χ4v) is 3.12. The standard InChI is InChI=1S/C17H23N3O2S/c1-13(16(21)19-17(2,3)4)23(22)12-14-6-8-15(9-7-14)20-11-5-10-18-20/h5-11,13H,12H2,1-4H3,(H,19,21). The van der Waals surface area contributed by atoms with Gasteiger partial charge >= 0.3 is 0 Å². The first-order valence-electron chi connectivity index (χ1n) is 7.54. The summed E-state index contributed by atoms with van der Waals surface area (Å²) in [5.74, 6) is 0.182. The number of nitrogens with zero attached hydrogens (tertiary/aromatic N) is 2. The van der Waals surface area contributed by atoms with Crippen LogP contribution in [0.5, 0.6) is 0 Å². The van der Waals surface area contributed by atoms with Crippen molar-refractivity contribution in [1.82, 2.24) is 15.1 Å². The zero-order valence-corrected chi connectivity index (χ0v) is 14.8. The van der Waals surface area contributed by atoms with Crippen molar-refractivity contribution in [2.45, 2.75) is 44.2 Å². The minimum atomic E-state index is -1.26. The summed E-state index contributed by atoms with van der Waals surface area (Å²) < 4.78 is 14.2. The molecule has 1 aromatic carbocycles. The Morgan fingerprint density at radius 1 is 1.30 bits per heavy atom. The van der Waals surface area contributed by atoms with Crippen LogP contribution in [0.15, 0.2) is 42.7 Å². The molecule has 2 unspecified atom stereocenters. The molecule has 6 heteroatoms. The van der Waals surface area contributed by atoms with Gasteiger partial charge in [-0.15, -0.1) is 0 Å². The van der Waals surface area contributed by atoms with E-state index in [1.165, 1.54) is 0 Å². The Kier molecular flexibility index (Phi) is 5.36. The van der Waals surface area contributed by atoms with Gasteiger partial charge in [-0.05, 0) is 51.5 Å². The Morgan fingerprint density at radius 2 is 1.96 bits per heavy atom. The number of carbonyl (C=O) groups excluding carboxylic acids is 1. The normalized spacial score (nSPS) is 14.3. The number of benzene rings is 1. The van der Waals surface area contributed by atoms with E-state index in [2.05, 4.69) is 10.4 Å². The molecule has 1 N–H and O–H groups in total. The molecule has 0 saturated carbocycles. The molecule has 0 aliphatic carbocycles. The van der Waals surface area contributed by atoms with E-state index in [4.69, 9.17) is 0 Å². The fraction of sp³-hybridized carbons (Fsp3) is 0.412. The molecule has 1 aromatic heterocycles. The number of hydrogen-bond donors (Lipinski definition) is 1. The molecule has 0 saturated heterocycles. The molecule has 0 fully saturated rings. The maximum Gasteiger partial charge on any atom is 0.235 e. The number of rotatable bonds is 5. The summed E-state index contributed by atoms with van der Waals surface area (Å²) in [5.41, 5.74) is 1.57. The topological polar surface area (TPSA) is 64.0 Å². The molecule has 2 atom stereocenters. The first-order valence-corrected chi connectivity index (χ1v) is 8.92. The van der Waals surface area contributed by atoms with Crippen LogP contribution in [0.1, 0.15) is 33.3 Å². The Labute approximate surface area is 139 Å². The van der Waals surface area contributed by atoms with Crippen LogP contribution in [0.3, 0.4) is 0 Å². The van der Waals surface area contributed by atoms with Gasteiger partial charge in [0.25, 0.3) is 0 Å². The van der Waals surface area contributed by atoms with E-state index in [1.54, 1.807) is 17.8 Å². The third-order valence-corrected chi connectivity index (χ3v) is 4.90. The Bertz CT molecular complexity index is 673. The minimum absolute atomic E-state index is 0.177. The largest absolute Gasteiger partial charge is 0.350 e. The number of aromatic nitrogens is 2. The number of amides is 1. The van der Waals surface area contributed by atoms with Crippen molar-refractivity contribution in [1.29, 1.82) is 0 Å². The molecule has 0 aliphatic rings. The molecule has 1 amide bonds. The van der Waals surface area contributed by atoms with Crippen LogP contribution in [0.2, 0.25) is 0 Å². The summed E-state index contributed by atoms with van der Waals surface area (Å²) in [4.78, 5) is 12.1. The van der Waals surface area contributed by atoms with E-state index < -0.39 is 16.0 Å². The second-order valence-corrected chi connectivity index (χ2v) is 8.28. The van der Waals surface area contributed by atoms with Crippen molar-refractivity contribution >= 4 is 16.7 Å². The molecule has 0 radical (unpaired) electrons. The van der Waals surface area contributed by atoms with Gasteiger partial charge in [-0.3, -0.25) is 9.00 Å². The quantitative estimate of drug-likeness (QED) is 0.914. The summed E-state index contributed by atoms with van der Waals surface area (Å²) in [6.45, 7) is 7.44. The third-order valence-electron chi connectivity index (χ3n) is 3.28. The van der Waals surface area contributed by atoms with Gasteiger partial charge in [-0.25, -0.2) is 4.68 Å². The zero-order valence-electron chi connectivity index (χ0n) is 13.9. The smallest absolute Gasteiger partial charge is 0.235 e. The van der Waals surface area contributed by atoms with Gasteiger partial charge in [0, 0.05) is 34.5 Å². The molecule has 0 spiro atoms. The molecule has 2 rings (SSSR count). The molecule has 124 valence electrons. The summed E-state index contributed by atoms with van der Waals surface area (Å²) >= 11 is 0. The predicted octanol–water partition coefficient (Wildman–Crippen LogP) is 2.42. The van der Waals surface area contributed by atoms with Gasteiger partial charge in [-0.1, -0.05) is 12.1 Å². The molecule has 1 heterocycles. The summed E-state index contributed by atoms with van der Waals surface area (Å²) in [7, 11) is -1.26. The van der Waals surface area contributed by atoms with Crippen molar-refractivity contribution in [3.63, 3.8) is 0 Å². The van der Waals surface area contributed by atoms with Crippen LogP contribution in [0.4, 0.5) is 0 Å². The summed E-state index contributed by atoms with van der Waals surface area (Å²) in [6, 6.07) is 9.56. The van der Waals surface area contributed by atoms with Crippen molar-refractivity contribution in [3.05, 3.63) is 48.3 Å². The third kappa shape index (κ3) is 5.03. The number of hydrogen-bond acceptors (Lipinski definition) is 3. The van der Waals surface area contributed by atoms with Crippen LogP contribution in [-0.4, -0.2) is 30.7 Å². The molecule has 2 aromatic rings. The van der Waals surface area contributed by atoms with E-state index in [9.17, 15) is 9.00 Å². The van der Waals surface area contributed by atoms with Gasteiger partial charge < -0.3 is 5.32 Å². The molecule has 23 heavy (non-hydrogen) atoms. The SMILES string of the molecule is CC(C(=O)NC(C)(C)C)S(=O)Cc1ccc(-n2cccn2)cc1. The van der Waals surface area contributed by atoms with Crippen LogP contribution in [0.25, 0.3) is 5.69 Å². The molecule has 5 nitrogen and oxygen atoms in total. The lowest BCUT2D eigenvalue weighted by atomic mass is 10.1. The zero-order chi connectivity index (χ0) is 17.0. The first kappa shape index (κ1) is 17.4. The average molecular weight is 333 g/mol. The number of carbonyl (C=O) groups is 1. The minimum Gasteiger partial charge on any atom is -0.350 e. The Hall–Kier alpha value is -1.95. The lowest BCUT2D eigenvalue weighted by molar-refractivity contribution is -0.121. The Morgan fingerprint density at radius 3 is 2.48 bits per heavy atom. The van der Waals surface area contributed by atoms with E-state index >= 15 is 0 Å². The van der Waals surface area contributed by atoms with Gasteiger partial charge in [0.1, 0.15) is 5.25 Å². The van der Waals surface area contributed by atoms with Crippen LogP contribution < -0.4 is 5.32 Å². The van der Waals surface area contributed by atoms with Gasteiger partial charge in [0.05, 0.1) is 5.69 Å². The van der Waals surface area contributed by atoms with Crippen molar-refractivity contribution in [3.8, 4) is 5.69 Å². The van der Waals surface area contributed by atoms with E-state index in [0.29, 0.717) is 5.75 Å². The van der Waals surface area contributed by atoms with Crippen LogP contribution in [0, 0.1) is 0 Å². The van der Waals surface area contributed by atoms with Crippen LogP contribution >= 0.6 is 0 Å². The molecule has 0 aliphatic heterocycles. The molecule has 0 bridgehead atoms. The second kappa shape index (κ2) is 7.08. The van der Waals surface area contributed by atoms with Crippen molar-refractivity contribution in [2.75, 3.05) is 0 Å². The highest BCUT2D eigenvalue weighted by atomic mass is 32.2. The van der Waals surface area contributed by atoms with Crippen molar-refractivity contribution in [2.24, 2.45) is 0 Å². The molecular formula is C17H23N3O2S. The van der Waals surface area contributed by atoms with Crippen molar-refractivity contribution < 1.29 is 9.00 Å². The fourth-order valence-electron chi connectivity index (χ4n) is 2.05. The summed E-state index contributed by atoms with van der Waals surface area (Å²) in [6.07, 6.45) is 3.59. The monoisotopic (exact) mass is 333 g/mol. The second-order valence-electron chi connectivity index (χ2n) is 6.52. The highest BCUT2D eigenvalue weighted by Gasteiger charge is 2.23. The lowest BCUT2D eigenvalue weighted by Gasteiger charge is -2.23. The maximum atomic E-state index is 12.4. The summed E-state index contributed by atoms with van der Waals surface area (Å²) in [5, 5.41) is 6.49. The van der Waals surface area contributed by atoms with Gasteiger partial charge in [-0.2, -0.15) is 5.10 Å². The van der Waals surface area contributed by atoms with Crippen LogP contribution in [-0.2, 0) is 21.3 Å². The predicted molar refractivity (Wildman–Crippen MR) is 92.8 cm³/mol. The van der Waals surface area contributed by atoms with Gasteiger partial charge in [0.2, 0.25) is 5.91 Å². The highest BCUT2D eigenvalue weighted by molar-refractivity contribution is 7.85. The van der Waals surface area contributed by atoms with E-state index in [1.807, 2.05) is 57.3 Å². The maximum absolute atomic E-state index is 12.4. The van der Waals surface area contributed by atoms with E-state index in [-0.39, 0.29) is 11.4 Å². The van der Waals surface area contributed by atoms with Gasteiger partial charge in [0.15, 0.2) is 0 Å². The molecular weight excluding hydrogens is 310 g/mol. The Balaban J connectivity index is 1.98. The lowest BCUT2D eigenvalue weighted by Crippen LogP contribution is -2.46.